The lowest BCUT2D eigenvalue weighted by Crippen LogP contribution is -2.47. The smallest absolute Gasteiger partial charge is 0.0500 e. The van der Waals surface area contributed by atoms with E-state index in [2.05, 4.69) is 59.7 Å². The predicted octanol–water partition coefficient (Wildman–Crippen LogP) is 2.08. The maximum absolute atomic E-state index is 4.48. The molecule has 2 nitrogen and oxygen atoms in total. The van der Waals surface area contributed by atoms with Crippen molar-refractivity contribution in [3.63, 3.8) is 0 Å². The Bertz CT molecular complexity index is 305. The Morgan fingerprint density at radius 1 is 1.12 bits per heavy atom. The monoisotopic (exact) mass is 236 g/mol. The fourth-order valence-corrected chi connectivity index (χ4v) is 2.37. The highest BCUT2D eigenvalue weighted by atomic mass is 32.1. The van der Waals surface area contributed by atoms with Gasteiger partial charge in [-0.3, -0.25) is 9.80 Å². The van der Waals surface area contributed by atoms with Crippen molar-refractivity contribution >= 4 is 12.6 Å². The molecule has 16 heavy (non-hydrogen) atoms. The summed E-state index contributed by atoms with van der Waals surface area (Å²) in [7, 11) is 0. The summed E-state index contributed by atoms with van der Waals surface area (Å²) < 4.78 is 0. The van der Waals surface area contributed by atoms with E-state index in [0.717, 1.165) is 32.7 Å². The van der Waals surface area contributed by atoms with Gasteiger partial charge in [0.2, 0.25) is 0 Å². The molecular formula is C13H20N2S. The molecule has 1 unspecified atom stereocenters. The van der Waals surface area contributed by atoms with Gasteiger partial charge < -0.3 is 0 Å². The first-order valence-electron chi connectivity index (χ1n) is 5.94. The van der Waals surface area contributed by atoms with Crippen molar-refractivity contribution in [2.24, 2.45) is 0 Å². The minimum Gasteiger partial charge on any atom is -0.297 e. The van der Waals surface area contributed by atoms with Crippen molar-refractivity contribution in [1.82, 2.24) is 9.80 Å². The third-order valence-electron chi connectivity index (χ3n) is 3.18. The fraction of sp³-hybridized carbons (Fsp3) is 0.538. The van der Waals surface area contributed by atoms with Crippen LogP contribution in [0, 0.1) is 0 Å². The highest BCUT2D eigenvalue weighted by Crippen LogP contribution is 2.11. The Balaban J connectivity index is 1.82. The first-order chi connectivity index (χ1) is 7.75. The molecule has 1 aromatic rings. The maximum atomic E-state index is 4.48. The molecular weight excluding hydrogens is 216 g/mol. The lowest BCUT2D eigenvalue weighted by atomic mass is 10.2. The average molecular weight is 236 g/mol. The third-order valence-corrected chi connectivity index (χ3v) is 3.51. The number of piperazine rings is 1. The summed E-state index contributed by atoms with van der Waals surface area (Å²) >= 11 is 4.48. The highest BCUT2D eigenvalue weighted by Gasteiger charge is 2.18. The second-order valence-electron chi connectivity index (χ2n) is 4.43. The highest BCUT2D eigenvalue weighted by molar-refractivity contribution is 7.80. The zero-order chi connectivity index (χ0) is 11.4. The van der Waals surface area contributed by atoms with Crippen molar-refractivity contribution < 1.29 is 0 Å². The maximum Gasteiger partial charge on any atom is 0.0500 e. The summed E-state index contributed by atoms with van der Waals surface area (Å²) in [6.07, 6.45) is 0. The molecule has 1 fully saturated rings. The quantitative estimate of drug-likeness (QED) is 0.803. The number of thiol groups is 1. The SMILES string of the molecule is CC(S)N1CCN(Cc2ccccc2)CC1. The summed E-state index contributed by atoms with van der Waals surface area (Å²) in [5.74, 6) is 0. The molecule has 3 heteroatoms. The van der Waals surface area contributed by atoms with Crippen molar-refractivity contribution in [2.45, 2.75) is 18.8 Å². The molecule has 1 aliphatic rings. The number of nitrogens with zero attached hydrogens (tertiary/aromatic N) is 2. The molecule has 1 aliphatic heterocycles. The zero-order valence-electron chi connectivity index (χ0n) is 9.84. The van der Waals surface area contributed by atoms with E-state index in [1.54, 1.807) is 0 Å². The van der Waals surface area contributed by atoms with E-state index in [-0.39, 0.29) is 0 Å². The van der Waals surface area contributed by atoms with E-state index in [1.807, 2.05) is 0 Å². The van der Waals surface area contributed by atoms with Crippen LogP contribution in [-0.4, -0.2) is 41.4 Å². The standard InChI is InChI=1S/C13H20N2S/c1-12(16)15-9-7-14(8-10-15)11-13-5-3-2-4-6-13/h2-6,12,16H,7-11H2,1H3. The first-order valence-corrected chi connectivity index (χ1v) is 6.46. The molecule has 0 N–H and O–H groups in total. The molecule has 0 saturated carbocycles. The Labute approximate surface area is 104 Å². The van der Waals surface area contributed by atoms with Gasteiger partial charge in [-0.2, -0.15) is 12.6 Å². The molecule has 1 atom stereocenters. The van der Waals surface area contributed by atoms with Crippen LogP contribution in [0.5, 0.6) is 0 Å². The summed E-state index contributed by atoms with van der Waals surface area (Å²) in [4.78, 5) is 4.94. The van der Waals surface area contributed by atoms with E-state index >= 15 is 0 Å². The van der Waals surface area contributed by atoms with Crippen LogP contribution < -0.4 is 0 Å². The molecule has 1 heterocycles. The normalized spacial score (nSPS) is 20.9. The molecule has 2 rings (SSSR count). The minimum atomic E-state index is 0.388. The van der Waals surface area contributed by atoms with Gasteiger partial charge in [0.25, 0.3) is 0 Å². The van der Waals surface area contributed by atoms with E-state index in [9.17, 15) is 0 Å². The van der Waals surface area contributed by atoms with Gasteiger partial charge in [-0.05, 0) is 12.5 Å². The van der Waals surface area contributed by atoms with Gasteiger partial charge in [-0.25, -0.2) is 0 Å². The molecule has 0 amide bonds. The van der Waals surface area contributed by atoms with Crippen molar-refractivity contribution in [3.8, 4) is 0 Å². The second kappa shape index (κ2) is 5.71. The van der Waals surface area contributed by atoms with Gasteiger partial charge in [0, 0.05) is 38.1 Å². The summed E-state index contributed by atoms with van der Waals surface area (Å²) in [6, 6.07) is 10.7. The van der Waals surface area contributed by atoms with Gasteiger partial charge in [0.05, 0.1) is 0 Å². The Morgan fingerprint density at radius 3 is 2.31 bits per heavy atom. The number of hydrogen-bond donors (Lipinski definition) is 1. The predicted molar refractivity (Wildman–Crippen MR) is 71.7 cm³/mol. The van der Waals surface area contributed by atoms with Crippen LogP contribution in [0.2, 0.25) is 0 Å². The van der Waals surface area contributed by atoms with E-state index in [4.69, 9.17) is 0 Å². The van der Waals surface area contributed by atoms with Crippen molar-refractivity contribution in [2.75, 3.05) is 26.2 Å². The Morgan fingerprint density at radius 2 is 1.75 bits per heavy atom. The number of benzene rings is 1. The molecule has 0 bridgehead atoms. The lowest BCUT2D eigenvalue weighted by molar-refractivity contribution is 0.124. The number of hydrogen-bond acceptors (Lipinski definition) is 3. The second-order valence-corrected chi connectivity index (χ2v) is 5.18. The fourth-order valence-electron chi connectivity index (χ4n) is 2.14. The van der Waals surface area contributed by atoms with Gasteiger partial charge in [0.1, 0.15) is 0 Å². The van der Waals surface area contributed by atoms with Crippen LogP contribution in [0.3, 0.4) is 0 Å². The zero-order valence-corrected chi connectivity index (χ0v) is 10.7. The van der Waals surface area contributed by atoms with Crippen molar-refractivity contribution in [1.29, 1.82) is 0 Å². The first kappa shape index (κ1) is 12.0. The van der Waals surface area contributed by atoms with Crippen LogP contribution >= 0.6 is 12.6 Å². The van der Waals surface area contributed by atoms with Gasteiger partial charge in [-0.1, -0.05) is 30.3 Å². The molecule has 1 aromatic carbocycles. The van der Waals surface area contributed by atoms with Gasteiger partial charge >= 0.3 is 0 Å². The molecule has 88 valence electrons. The van der Waals surface area contributed by atoms with Crippen LogP contribution in [0.1, 0.15) is 12.5 Å². The molecule has 0 radical (unpaired) electrons. The van der Waals surface area contributed by atoms with Crippen LogP contribution in [0.15, 0.2) is 30.3 Å². The molecule has 0 spiro atoms. The van der Waals surface area contributed by atoms with Gasteiger partial charge in [-0.15, -0.1) is 0 Å². The topological polar surface area (TPSA) is 6.48 Å². The third kappa shape index (κ3) is 3.24. The van der Waals surface area contributed by atoms with Crippen molar-refractivity contribution in [3.05, 3.63) is 35.9 Å². The lowest BCUT2D eigenvalue weighted by Gasteiger charge is -2.36. The minimum absolute atomic E-state index is 0.388. The molecule has 1 saturated heterocycles. The van der Waals surface area contributed by atoms with E-state index in [0.29, 0.717) is 5.37 Å². The summed E-state index contributed by atoms with van der Waals surface area (Å²) in [6.45, 7) is 7.81. The Hall–Kier alpha value is -0.510. The Kier molecular flexibility index (Phi) is 4.27. The van der Waals surface area contributed by atoms with Crippen LogP contribution in [0.25, 0.3) is 0 Å². The molecule has 0 aliphatic carbocycles. The molecule has 0 aromatic heterocycles. The van der Waals surface area contributed by atoms with E-state index in [1.165, 1.54) is 5.56 Å². The van der Waals surface area contributed by atoms with Gasteiger partial charge in [0.15, 0.2) is 0 Å². The van der Waals surface area contributed by atoms with E-state index < -0.39 is 0 Å². The average Bonchev–Trinajstić information content (AvgIpc) is 2.31. The summed E-state index contributed by atoms with van der Waals surface area (Å²) in [5, 5.41) is 0.388. The van der Waals surface area contributed by atoms with Crippen LogP contribution in [-0.2, 0) is 6.54 Å². The number of rotatable bonds is 3. The largest absolute Gasteiger partial charge is 0.297 e. The summed E-state index contributed by atoms with van der Waals surface area (Å²) in [5.41, 5.74) is 1.41. The van der Waals surface area contributed by atoms with Crippen LogP contribution in [0.4, 0.5) is 0 Å².